The van der Waals surface area contributed by atoms with Gasteiger partial charge < -0.3 is 41.7 Å². The van der Waals surface area contributed by atoms with Crippen molar-refractivity contribution < 1.29 is 45.0 Å². The molecule has 0 aromatic carbocycles. The van der Waals surface area contributed by atoms with Gasteiger partial charge in [0.05, 0.1) is 12.6 Å². The van der Waals surface area contributed by atoms with E-state index >= 15 is 0 Å². The summed E-state index contributed by atoms with van der Waals surface area (Å²) in [5.41, 5.74) is 5.34. The quantitative estimate of drug-likeness (QED) is 0.180. The molecule has 9 N–H and O–H groups in total. The van der Waals surface area contributed by atoms with Crippen LogP contribution in [0.2, 0.25) is 0 Å². The first-order valence-corrected chi connectivity index (χ1v) is 6.26. The third kappa shape index (κ3) is 6.43. The van der Waals surface area contributed by atoms with Gasteiger partial charge in [0.2, 0.25) is 11.7 Å². The van der Waals surface area contributed by atoms with Crippen molar-refractivity contribution in [3.05, 3.63) is 0 Å². The van der Waals surface area contributed by atoms with E-state index in [2.05, 4.69) is 0 Å². The second-order valence-corrected chi connectivity index (χ2v) is 4.54. The van der Waals surface area contributed by atoms with E-state index in [0.29, 0.717) is 0 Å². The zero-order chi connectivity index (χ0) is 17.4. The number of rotatable bonds is 10. The molecule has 22 heavy (non-hydrogen) atoms. The van der Waals surface area contributed by atoms with Crippen LogP contribution in [0.5, 0.6) is 0 Å². The number of aliphatic hydroxyl groups is 5. The maximum Gasteiger partial charge on any atom is 0.303 e. The van der Waals surface area contributed by atoms with Crippen molar-refractivity contribution in [3.63, 3.8) is 0 Å². The number of Topliss-reactive ketones (excluding diaryl/α,β-unsaturated/α-hetero) is 1. The number of aliphatic carboxylic acids is 1. The highest BCUT2D eigenvalue weighted by Gasteiger charge is 2.34. The van der Waals surface area contributed by atoms with E-state index in [9.17, 15) is 29.7 Å². The number of hydrogen-bond donors (Lipinski definition) is 8. The van der Waals surface area contributed by atoms with E-state index in [1.165, 1.54) is 0 Å². The van der Waals surface area contributed by atoms with Gasteiger partial charge in [0.15, 0.2) is 6.23 Å². The van der Waals surface area contributed by atoms with Gasteiger partial charge in [-0.3, -0.25) is 14.4 Å². The number of nitrogens with two attached hydrogens (primary N) is 1. The number of ketones is 1. The Morgan fingerprint density at radius 1 is 1.09 bits per heavy atom. The van der Waals surface area contributed by atoms with E-state index in [-0.39, 0.29) is 6.42 Å². The molecule has 0 aliphatic carbocycles. The Balaban J connectivity index is 4.51. The first-order chi connectivity index (χ1) is 10.1. The van der Waals surface area contributed by atoms with Crippen LogP contribution in [-0.2, 0) is 14.4 Å². The number of nitrogens with one attached hydrogen (secondary N) is 1. The predicted octanol–water partition coefficient (Wildman–Crippen LogP) is -4.74. The molecule has 1 amide bonds. The molecular weight excluding hydrogens is 304 g/mol. The third-order valence-corrected chi connectivity index (χ3v) is 2.75. The molecule has 0 aromatic heterocycles. The SMILES string of the molecule is N[C@@H](CCC(=O)O)C(=O)NC(O)C(=O)[C@@H](O)[C@H](O)[C@H](O)CO. The van der Waals surface area contributed by atoms with Crippen LogP contribution in [0.25, 0.3) is 0 Å². The average molecular weight is 324 g/mol. The summed E-state index contributed by atoms with van der Waals surface area (Å²) in [6.07, 6.45) is -9.00. The fourth-order valence-electron chi connectivity index (χ4n) is 1.37. The summed E-state index contributed by atoms with van der Waals surface area (Å²) in [6.45, 7) is -0.936. The van der Waals surface area contributed by atoms with E-state index in [0.717, 1.165) is 0 Å². The van der Waals surface area contributed by atoms with E-state index in [1.54, 1.807) is 5.32 Å². The van der Waals surface area contributed by atoms with Gasteiger partial charge in [0.25, 0.3) is 0 Å². The number of aliphatic hydroxyl groups excluding tert-OH is 5. The van der Waals surface area contributed by atoms with Gasteiger partial charge in [-0.15, -0.1) is 0 Å². The van der Waals surface area contributed by atoms with Crippen molar-refractivity contribution in [2.45, 2.75) is 43.4 Å². The second kappa shape index (κ2) is 9.40. The smallest absolute Gasteiger partial charge is 0.303 e. The maximum absolute atomic E-state index is 11.5. The zero-order valence-corrected chi connectivity index (χ0v) is 11.5. The van der Waals surface area contributed by atoms with Crippen LogP contribution in [0.3, 0.4) is 0 Å². The van der Waals surface area contributed by atoms with Gasteiger partial charge in [-0.05, 0) is 6.42 Å². The standard InChI is InChI=1S/C11H20N2O9/c12-4(1-2-6(16)17)10(21)13-11(22)9(20)8(19)7(18)5(15)3-14/h4-5,7-8,11,14-15,18-19,22H,1-3,12H2,(H,13,21)(H,16,17)/t4-,5+,7+,8-,11?/m0/s1. The number of carboxylic acid groups (broad SMARTS) is 1. The molecule has 0 bridgehead atoms. The van der Waals surface area contributed by atoms with Crippen LogP contribution < -0.4 is 11.1 Å². The summed E-state index contributed by atoms with van der Waals surface area (Å²) < 4.78 is 0. The van der Waals surface area contributed by atoms with E-state index in [4.69, 9.17) is 21.1 Å². The highest BCUT2D eigenvalue weighted by Crippen LogP contribution is 2.04. The molecule has 0 saturated carbocycles. The van der Waals surface area contributed by atoms with Gasteiger partial charge in [0, 0.05) is 6.42 Å². The molecule has 1 unspecified atom stereocenters. The van der Waals surface area contributed by atoms with Gasteiger partial charge in [-0.1, -0.05) is 0 Å². The Kier molecular flexibility index (Phi) is 8.70. The molecule has 0 fully saturated rings. The third-order valence-electron chi connectivity index (χ3n) is 2.75. The number of carboxylic acids is 1. The molecule has 0 rings (SSSR count). The van der Waals surface area contributed by atoms with E-state index < -0.39 is 61.3 Å². The molecule has 0 aliphatic heterocycles. The molecule has 0 aliphatic rings. The molecule has 0 aromatic rings. The lowest BCUT2D eigenvalue weighted by atomic mass is 10.0. The lowest BCUT2D eigenvalue weighted by Gasteiger charge is -2.23. The molecule has 11 heteroatoms. The summed E-state index contributed by atoms with van der Waals surface area (Å²) in [6, 6.07) is -1.30. The predicted molar refractivity (Wildman–Crippen MR) is 69.1 cm³/mol. The van der Waals surface area contributed by atoms with Crippen LogP contribution in [0.4, 0.5) is 0 Å². The Bertz CT molecular complexity index is 403. The Morgan fingerprint density at radius 3 is 2.09 bits per heavy atom. The molecule has 128 valence electrons. The number of hydrogen-bond acceptors (Lipinski definition) is 9. The van der Waals surface area contributed by atoms with Crippen molar-refractivity contribution in [3.8, 4) is 0 Å². The monoisotopic (exact) mass is 324 g/mol. The zero-order valence-electron chi connectivity index (χ0n) is 11.5. The minimum Gasteiger partial charge on any atom is -0.481 e. The fourth-order valence-corrected chi connectivity index (χ4v) is 1.37. The van der Waals surface area contributed by atoms with Crippen LogP contribution in [-0.4, -0.2) is 85.5 Å². The normalized spacial score (nSPS) is 17.9. The Labute approximate surface area is 125 Å². The summed E-state index contributed by atoms with van der Waals surface area (Å²) in [5, 5.41) is 55.9. The number of amides is 1. The number of carbonyl (C=O) groups excluding carboxylic acids is 2. The minimum absolute atomic E-state index is 0.240. The summed E-state index contributed by atoms with van der Waals surface area (Å²) >= 11 is 0. The minimum atomic E-state index is -2.26. The van der Waals surface area contributed by atoms with Crippen LogP contribution >= 0.6 is 0 Å². The molecular formula is C11H20N2O9. The Hall–Kier alpha value is -1.63. The Morgan fingerprint density at radius 2 is 1.64 bits per heavy atom. The lowest BCUT2D eigenvalue weighted by molar-refractivity contribution is -0.152. The number of carbonyl (C=O) groups is 3. The first-order valence-electron chi connectivity index (χ1n) is 6.26. The summed E-state index contributed by atoms with van der Waals surface area (Å²) in [4.78, 5) is 33.3. The van der Waals surface area contributed by atoms with Crippen molar-refractivity contribution in [1.29, 1.82) is 0 Å². The molecule has 5 atom stereocenters. The van der Waals surface area contributed by atoms with Crippen molar-refractivity contribution >= 4 is 17.7 Å². The molecule has 0 radical (unpaired) electrons. The largest absolute Gasteiger partial charge is 0.481 e. The van der Waals surface area contributed by atoms with Crippen LogP contribution in [0.1, 0.15) is 12.8 Å². The van der Waals surface area contributed by atoms with Gasteiger partial charge >= 0.3 is 5.97 Å². The highest BCUT2D eigenvalue weighted by atomic mass is 16.4. The highest BCUT2D eigenvalue weighted by molar-refractivity contribution is 5.92. The fraction of sp³-hybridized carbons (Fsp3) is 0.727. The van der Waals surface area contributed by atoms with Crippen molar-refractivity contribution in [2.24, 2.45) is 5.73 Å². The first kappa shape index (κ1) is 20.4. The maximum atomic E-state index is 11.5. The van der Waals surface area contributed by atoms with Crippen molar-refractivity contribution in [1.82, 2.24) is 5.32 Å². The lowest BCUT2D eigenvalue weighted by Crippen LogP contribution is -2.54. The van der Waals surface area contributed by atoms with E-state index in [1.807, 2.05) is 0 Å². The van der Waals surface area contributed by atoms with Gasteiger partial charge in [-0.25, -0.2) is 0 Å². The summed E-state index contributed by atoms with van der Waals surface area (Å²) in [5.74, 6) is -3.65. The van der Waals surface area contributed by atoms with Crippen LogP contribution in [0.15, 0.2) is 0 Å². The molecule has 0 spiro atoms. The summed E-state index contributed by atoms with van der Waals surface area (Å²) in [7, 11) is 0. The van der Waals surface area contributed by atoms with Crippen molar-refractivity contribution in [2.75, 3.05) is 6.61 Å². The molecule has 0 saturated heterocycles. The second-order valence-electron chi connectivity index (χ2n) is 4.54. The van der Waals surface area contributed by atoms with Gasteiger partial charge in [-0.2, -0.15) is 0 Å². The van der Waals surface area contributed by atoms with Gasteiger partial charge in [0.1, 0.15) is 18.3 Å². The van der Waals surface area contributed by atoms with Crippen LogP contribution in [0, 0.1) is 0 Å². The average Bonchev–Trinajstić information content (AvgIpc) is 2.48. The topological polar surface area (TPSA) is 211 Å². The molecule has 11 nitrogen and oxygen atoms in total. The molecule has 0 heterocycles.